The highest BCUT2D eigenvalue weighted by Gasteiger charge is 2.24. The lowest BCUT2D eigenvalue weighted by Crippen LogP contribution is -2.43. The van der Waals surface area contributed by atoms with Gasteiger partial charge >= 0.3 is 5.97 Å². The molecule has 1 heterocycles. The van der Waals surface area contributed by atoms with E-state index in [2.05, 4.69) is 21.2 Å². The van der Waals surface area contributed by atoms with Crippen LogP contribution in [0.5, 0.6) is 0 Å². The summed E-state index contributed by atoms with van der Waals surface area (Å²) in [7, 11) is 0. The van der Waals surface area contributed by atoms with Crippen LogP contribution in [0, 0.1) is 0 Å². The van der Waals surface area contributed by atoms with Gasteiger partial charge in [0.1, 0.15) is 6.04 Å². The summed E-state index contributed by atoms with van der Waals surface area (Å²) in [5.74, 6) is -0.792. The number of ether oxygens (including phenoxy) is 1. The predicted molar refractivity (Wildman–Crippen MR) is 84.4 cm³/mol. The van der Waals surface area contributed by atoms with Gasteiger partial charge < -0.3 is 14.5 Å². The Kier molecular flexibility index (Phi) is 5.77. The van der Waals surface area contributed by atoms with Gasteiger partial charge in [0.25, 0.3) is 5.91 Å². The smallest absolute Gasteiger partial charge is 0.328 e. The Morgan fingerprint density at radius 3 is 2.55 bits per heavy atom. The van der Waals surface area contributed by atoms with Gasteiger partial charge in [-0.3, -0.25) is 4.79 Å². The molecule has 1 aromatic heterocycles. The Bertz CT molecular complexity index is 639. The molecular formula is C16H16BrNO4. The van der Waals surface area contributed by atoms with Crippen LogP contribution in [0.1, 0.15) is 23.0 Å². The molecule has 0 aliphatic rings. The molecule has 0 aliphatic carbocycles. The number of hydrogen-bond donors (Lipinski definition) is 1. The minimum Gasteiger partial charge on any atom is -0.464 e. The van der Waals surface area contributed by atoms with E-state index >= 15 is 0 Å². The van der Waals surface area contributed by atoms with E-state index in [1.54, 1.807) is 13.0 Å². The lowest BCUT2D eigenvalue weighted by molar-refractivity contribution is -0.145. The lowest BCUT2D eigenvalue weighted by Gasteiger charge is -2.16. The topological polar surface area (TPSA) is 68.5 Å². The van der Waals surface area contributed by atoms with Gasteiger partial charge in [-0.2, -0.15) is 0 Å². The quantitative estimate of drug-likeness (QED) is 0.799. The Morgan fingerprint density at radius 1 is 1.23 bits per heavy atom. The van der Waals surface area contributed by atoms with Crippen LogP contribution >= 0.6 is 15.9 Å². The second-order valence-corrected chi connectivity index (χ2v) is 5.35. The molecule has 0 bridgehead atoms. The second-order valence-electron chi connectivity index (χ2n) is 4.57. The van der Waals surface area contributed by atoms with E-state index in [1.807, 2.05) is 30.3 Å². The molecule has 1 N–H and O–H groups in total. The highest BCUT2D eigenvalue weighted by molar-refractivity contribution is 9.10. The minimum atomic E-state index is -0.765. The monoisotopic (exact) mass is 365 g/mol. The summed E-state index contributed by atoms with van der Waals surface area (Å²) in [4.78, 5) is 24.2. The summed E-state index contributed by atoms with van der Waals surface area (Å²) in [5, 5.41) is 2.65. The molecule has 1 atom stereocenters. The summed E-state index contributed by atoms with van der Waals surface area (Å²) in [5.41, 5.74) is 0.932. The minimum absolute atomic E-state index is 0.134. The van der Waals surface area contributed by atoms with Crippen LogP contribution in [-0.4, -0.2) is 24.5 Å². The number of rotatable bonds is 6. The van der Waals surface area contributed by atoms with Crippen LogP contribution in [0.15, 0.2) is 51.6 Å². The molecule has 22 heavy (non-hydrogen) atoms. The Hall–Kier alpha value is -2.08. The third kappa shape index (κ3) is 4.46. The van der Waals surface area contributed by atoms with Crippen LogP contribution in [-0.2, 0) is 16.0 Å². The summed E-state index contributed by atoms with van der Waals surface area (Å²) in [6.07, 6.45) is 0.354. The average Bonchev–Trinajstić information content (AvgIpc) is 2.94. The van der Waals surface area contributed by atoms with Gasteiger partial charge in [0, 0.05) is 6.42 Å². The van der Waals surface area contributed by atoms with Crippen molar-refractivity contribution in [3.8, 4) is 0 Å². The zero-order valence-corrected chi connectivity index (χ0v) is 13.6. The maximum Gasteiger partial charge on any atom is 0.328 e. The van der Waals surface area contributed by atoms with Gasteiger partial charge in [0.15, 0.2) is 10.4 Å². The van der Waals surface area contributed by atoms with Crippen molar-refractivity contribution >= 4 is 27.8 Å². The number of halogens is 1. The predicted octanol–water partition coefficient (Wildman–Crippen LogP) is 2.95. The number of benzene rings is 1. The molecule has 2 aromatic rings. The fourth-order valence-corrected chi connectivity index (χ4v) is 2.26. The Labute approximate surface area is 136 Å². The molecule has 0 fully saturated rings. The van der Waals surface area contributed by atoms with Gasteiger partial charge in [0.05, 0.1) is 6.61 Å². The van der Waals surface area contributed by atoms with E-state index in [1.165, 1.54) is 6.07 Å². The number of nitrogens with one attached hydrogen (secondary N) is 1. The van der Waals surface area contributed by atoms with Crippen molar-refractivity contribution in [2.75, 3.05) is 6.61 Å². The number of furan rings is 1. The summed E-state index contributed by atoms with van der Waals surface area (Å²) in [6.45, 7) is 1.98. The molecule has 1 unspecified atom stereocenters. The molecule has 0 radical (unpaired) electrons. The summed E-state index contributed by atoms with van der Waals surface area (Å²) >= 11 is 3.14. The van der Waals surface area contributed by atoms with E-state index in [0.29, 0.717) is 11.1 Å². The fourth-order valence-electron chi connectivity index (χ4n) is 1.95. The van der Waals surface area contributed by atoms with Crippen molar-refractivity contribution in [1.29, 1.82) is 0 Å². The Morgan fingerprint density at radius 2 is 1.95 bits per heavy atom. The third-order valence-electron chi connectivity index (χ3n) is 2.96. The van der Waals surface area contributed by atoms with E-state index in [0.717, 1.165) is 5.56 Å². The van der Waals surface area contributed by atoms with Crippen molar-refractivity contribution in [3.05, 3.63) is 58.5 Å². The van der Waals surface area contributed by atoms with Gasteiger partial charge in [-0.1, -0.05) is 30.3 Å². The molecule has 5 nitrogen and oxygen atoms in total. The first kappa shape index (κ1) is 16.3. The second kappa shape index (κ2) is 7.79. The van der Waals surface area contributed by atoms with Crippen LogP contribution < -0.4 is 5.32 Å². The van der Waals surface area contributed by atoms with Crippen molar-refractivity contribution < 1.29 is 18.7 Å². The van der Waals surface area contributed by atoms with Crippen LogP contribution in [0.4, 0.5) is 0 Å². The number of carbonyl (C=O) groups is 2. The maximum atomic E-state index is 12.1. The molecule has 0 saturated heterocycles. The van der Waals surface area contributed by atoms with Gasteiger partial charge in [0.2, 0.25) is 0 Å². The van der Waals surface area contributed by atoms with Gasteiger partial charge in [-0.15, -0.1) is 0 Å². The molecule has 2 rings (SSSR count). The lowest BCUT2D eigenvalue weighted by atomic mass is 10.1. The normalized spacial score (nSPS) is 11.7. The number of hydrogen-bond acceptors (Lipinski definition) is 4. The van der Waals surface area contributed by atoms with Crippen molar-refractivity contribution in [1.82, 2.24) is 5.32 Å². The molecule has 0 spiro atoms. The first-order valence-electron chi connectivity index (χ1n) is 6.87. The van der Waals surface area contributed by atoms with Crippen molar-refractivity contribution in [2.45, 2.75) is 19.4 Å². The number of esters is 1. The fraction of sp³-hybridized carbons (Fsp3) is 0.250. The maximum absolute atomic E-state index is 12.1. The molecule has 1 amide bonds. The van der Waals surface area contributed by atoms with Gasteiger partial charge in [-0.25, -0.2) is 4.79 Å². The van der Waals surface area contributed by atoms with Crippen molar-refractivity contribution in [2.24, 2.45) is 0 Å². The number of amides is 1. The molecule has 0 saturated carbocycles. The largest absolute Gasteiger partial charge is 0.464 e. The number of carbonyl (C=O) groups excluding carboxylic acids is 2. The van der Waals surface area contributed by atoms with E-state index in [-0.39, 0.29) is 12.4 Å². The SMILES string of the molecule is CCOC(=O)C(Cc1ccccc1)NC(=O)c1ccc(Br)o1. The Balaban J connectivity index is 2.10. The summed E-state index contributed by atoms with van der Waals surface area (Å²) < 4.78 is 10.7. The van der Waals surface area contributed by atoms with E-state index in [4.69, 9.17) is 9.15 Å². The van der Waals surface area contributed by atoms with Crippen LogP contribution in [0.3, 0.4) is 0 Å². The highest BCUT2D eigenvalue weighted by atomic mass is 79.9. The van der Waals surface area contributed by atoms with Gasteiger partial charge in [-0.05, 0) is 40.5 Å². The van der Waals surface area contributed by atoms with E-state index in [9.17, 15) is 9.59 Å². The third-order valence-corrected chi connectivity index (χ3v) is 3.38. The highest BCUT2D eigenvalue weighted by Crippen LogP contribution is 2.14. The first-order valence-corrected chi connectivity index (χ1v) is 7.66. The molecule has 0 aliphatic heterocycles. The first-order chi connectivity index (χ1) is 10.6. The molecular weight excluding hydrogens is 350 g/mol. The average molecular weight is 366 g/mol. The zero-order valence-electron chi connectivity index (χ0n) is 12.0. The van der Waals surface area contributed by atoms with E-state index < -0.39 is 17.9 Å². The molecule has 116 valence electrons. The van der Waals surface area contributed by atoms with Crippen LogP contribution in [0.25, 0.3) is 0 Å². The van der Waals surface area contributed by atoms with Crippen LogP contribution in [0.2, 0.25) is 0 Å². The molecule has 1 aromatic carbocycles. The molecule has 6 heteroatoms. The standard InChI is InChI=1S/C16H16BrNO4/c1-2-21-16(20)12(10-11-6-4-3-5-7-11)18-15(19)13-8-9-14(17)22-13/h3-9,12H,2,10H2,1H3,(H,18,19). The summed E-state index contributed by atoms with van der Waals surface area (Å²) in [6, 6.07) is 11.8. The van der Waals surface area contributed by atoms with Crippen molar-refractivity contribution in [3.63, 3.8) is 0 Å². The zero-order chi connectivity index (χ0) is 15.9.